The number of aliphatic imine (C=N–C) groups is 1. The van der Waals surface area contributed by atoms with E-state index < -0.39 is 0 Å². The lowest BCUT2D eigenvalue weighted by Gasteiger charge is -2.30. The van der Waals surface area contributed by atoms with E-state index in [0.29, 0.717) is 0 Å². The first-order valence-electron chi connectivity index (χ1n) is 9.61. The molecule has 1 rings (SSSR count). The molecule has 1 unspecified atom stereocenters. The molecule has 27 heavy (non-hydrogen) atoms. The Morgan fingerprint density at radius 1 is 1.07 bits per heavy atom. The molecule has 1 aromatic rings. The maximum absolute atomic E-state index is 5.59. The van der Waals surface area contributed by atoms with Gasteiger partial charge in [0.1, 0.15) is 0 Å². The van der Waals surface area contributed by atoms with Crippen molar-refractivity contribution in [1.29, 1.82) is 0 Å². The van der Waals surface area contributed by atoms with E-state index in [1.807, 2.05) is 0 Å². The van der Waals surface area contributed by atoms with Gasteiger partial charge in [0.25, 0.3) is 0 Å². The Labute approximate surface area is 183 Å². The number of hydrogen-bond donors (Lipinski definition) is 2. The molecule has 0 fully saturated rings. The average molecular weight is 490 g/mol. The third-order valence-electron chi connectivity index (χ3n) is 4.71. The molecule has 0 heterocycles. The summed E-state index contributed by atoms with van der Waals surface area (Å²) in [5.41, 5.74) is 2.69. The zero-order valence-electron chi connectivity index (χ0n) is 18.1. The van der Waals surface area contributed by atoms with Gasteiger partial charge in [0.2, 0.25) is 0 Å². The highest BCUT2D eigenvalue weighted by molar-refractivity contribution is 14.0. The third kappa shape index (κ3) is 9.76. The second kappa shape index (κ2) is 13.3. The molecule has 6 heteroatoms. The molecular weight excluding hydrogens is 451 g/mol. The van der Waals surface area contributed by atoms with E-state index in [0.717, 1.165) is 38.7 Å². The Morgan fingerprint density at radius 3 is 2.07 bits per heavy atom. The van der Waals surface area contributed by atoms with Crippen molar-refractivity contribution in [2.75, 3.05) is 33.8 Å². The zero-order valence-corrected chi connectivity index (χ0v) is 20.5. The topological polar surface area (TPSA) is 48.9 Å². The minimum Gasteiger partial charge on any atom is -0.379 e. The van der Waals surface area contributed by atoms with Crippen LogP contribution in [0.4, 0.5) is 0 Å². The Hall–Kier alpha value is -0.860. The van der Waals surface area contributed by atoms with Gasteiger partial charge in [-0.05, 0) is 29.6 Å². The minimum atomic E-state index is 0. The Bertz CT molecular complexity index is 536. The van der Waals surface area contributed by atoms with Crippen LogP contribution in [0.3, 0.4) is 0 Å². The first-order chi connectivity index (χ1) is 12.3. The number of nitrogens with zero attached hydrogens (tertiary/aromatic N) is 2. The molecule has 156 valence electrons. The van der Waals surface area contributed by atoms with Crippen molar-refractivity contribution < 1.29 is 4.74 Å². The molecule has 0 amide bonds. The fourth-order valence-corrected chi connectivity index (χ4v) is 2.81. The van der Waals surface area contributed by atoms with Gasteiger partial charge in [-0.3, -0.25) is 9.89 Å². The molecule has 0 saturated heterocycles. The number of nitrogens with one attached hydrogen (secondary N) is 2. The quantitative estimate of drug-likeness (QED) is 0.314. The lowest BCUT2D eigenvalue weighted by molar-refractivity contribution is 0.0205. The summed E-state index contributed by atoms with van der Waals surface area (Å²) in [5, 5.41) is 6.73. The van der Waals surface area contributed by atoms with Crippen LogP contribution in [0.5, 0.6) is 0 Å². The number of methoxy groups -OCH3 is 1. The second-order valence-corrected chi connectivity index (χ2v) is 7.67. The molecule has 0 aliphatic heterocycles. The van der Waals surface area contributed by atoms with Gasteiger partial charge >= 0.3 is 0 Å². The van der Waals surface area contributed by atoms with Crippen LogP contribution < -0.4 is 10.6 Å². The Balaban J connectivity index is 0.00000676. The van der Waals surface area contributed by atoms with Crippen molar-refractivity contribution in [2.24, 2.45) is 10.4 Å². The van der Waals surface area contributed by atoms with E-state index in [-0.39, 0.29) is 35.5 Å². The Kier molecular flexibility index (Phi) is 12.9. The lowest BCUT2D eigenvalue weighted by atomic mass is 9.89. The monoisotopic (exact) mass is 490 g/mol. The number of ether oxygens (including phenoxy) is 1. The summed E-state index contributed by atoms with van der Waals surface area (Å²) >= 11 is 0. The predicted octanol–water partition coefficient (Wildman–Crippen LogP) is 3.87. The van der Waals surface area contributed by atoms with E-state index in [9.17, 15) is 0 Å². The van der Waals surface area contributed by atoms with E-state index in [4.69, 9.17) is 4.74 Å². The maximum Gasteiger partial charge on any atom is 0.191 e. The summed E-state index contributed by atoms with van der Waals surface area (Å²) in [7, 11) is 3.55. The molecule has 0 radical (unpaired) electrons. The predicted molar refractivity (Wildman–Crippen MR) is 127 cm³/mol. The van der Waals surface area contributed by atoms with Gasteiger partial charge in [0, 0.05) is 33.8 Å². The number of rotatable bonds is 9. The third-order valence-corrected chi connectivity index (χ3v) is 4.71. The molecule has 0 aliphatic carbocycles. The van der Waals surface area contributed by atoms with Gasteiger partial charge < -0.3 is 15.4 Å². The van der Waals surface area contributed by atoms with Crippen molar-refractivity contribution in [1.82, 2.24) is 15.5 Å². The van der Waals surface area contributed by atoms with Crippen LogP contribution in [0.2, 0.25) is 0 Å². The number of guanidine groups is 1. The molecule has 0 spiro atoms. The minimum absolute atomic E-state index is 0. The first kappa shape index (κ1) is 26.1. The van der Waals surface area contributed by atoms with Crippen LogP contribution in [0, 0.1) is 5.41 Å². The summed E-state index contributed by atoms with van der Waals surface area (Å²) in [6.07, 6.45) is 0.125. The molecule has 1 aromatic carbocycles. The molecule has 0 aliphatic rings. The first-order valence-corrected chi connectivity index (χ1v) is 9.61. The molecule has 1 atom stereocenters. The van der Waals surface area contributed by atoms with E-state index in [1.165, 1.54) is 11.1 Å². The van der Waals surface area contributed by atoms with Gasteiger partial charge in [-0.2, -0.15) is 0 Å². The summed E-state index contributed by atoms with van der Waals surface area (Å²) in [6.45, 7) is 15.6. The highest BCUT2D eigenvalue weighted by Crippen LogP contribution is 2.20. The van der Waals surface area contributed by atoms with Crippen molar-refractivity contribution in [3.8, 4) is 0 Å². The normalized spacial score (nSPS) is 13.3. The van der Waals surface area contributed by atoms with Gasteiger partial charge in [0.05, 0.1) is 6.10 Å². The summed E-state index contributed by atoms with van der Waals surface area (Å²) in [6, 6.07) is 8.80. The molecule has 0 bridgehead atoms. The van der Waals surface area contributed by atoms with Crippen LogP contribution in [0.1, 0.15) is 45.7 Å². The fourth-order valence-electron chi connectivity index (χ4n) is 2.81. The van der Waals surface area contributed by atoms with Gasteiger partial charge in [0.15, 0.2) is 5.96 Å². The SMILES string of the molecule is CCN(CC)Cc1ccc(CNC(=NC)NCC(OC)C(C)(C)C)cc1.I. The van der Waals surface area contributed by atoms with Crippen LogP contribution in [0.15, 0.2) is 29.3 Å². The molecule has 0 aromatic heterocycles. The van der Waals surface area contributed by atoms with Crippen LogP contribution >= 0.6 is 24.0 Å². The van der Waals surface area contributed by atoms with Crippen LogP contribution in [-0.2, 0) is 17.8 Å². The molecular formula is C21H39IN4O. The van der Waals surface area contributed by atoms with Crippen LogP contribution in [0.25, 0.3) is 0 Å². The number of hydrogen-bond acceptors (Lipinski definition) is 3. The zero-order chi connectivity index (χ0) is 19.6. The summed E-state index contributed by atoms with van der Waals surface area (Å²) in [4.78, 5) is 6.72. The smallest absolute Gasteiger partial charge is 0.191 e. The van der Waals surface area contributed by atoms with Crippen molar-refractivity contribution in [3.05, 3.63) is 35.4 Å². The summed E-state index contributed by atoms with van der Waals surface area (Å²) < 4.78 is 5.59. The lowest BCUT2D eigenvalue weighted by Crippen LogP contribution is -2.45. The highest BCUT2D eigenvalue weighted by atomic mass is 127. The number of halogens is 1. The number of benzene rings is 1. The average Bonchev–Trinajstić information content (AvgIpc) is 2.62. The van der Waals surface area contributed by atoms with E-state index in [2.05, 4.69) is 79.4 Å². The van der Waals surface area contributed by atoms with E-state index in [1.54, 1.807) is 14.2 Å². The highest BCUT2D eigenvalue weighted by Gasteiger charge is 2.24. The van der Waals surface area contributed by atoms with Crippen molar-refractivity contribution in [3.63, 3.8) is 0 Å². The standard InChI is InChI=1S/C21H38N4O.HI/c1-8-25(9-2)16-18-12-10-17(11-13-18)14-23-20(22-6)24-15-19(26-7)21(3,4)5;/h10-13,19H,8-9,14-16H2,1-7H3,(H2,22,23,24);1H. The van der Waals surface area contributed by atoms with Gasteiger partial charge in [-0.25, -0.2) is 0 Å². The van der Waals surface area contributed by atoms with Crippen LogP contribution in [-0.4, -0.2) is 50.8 Å². The second-order valence-electron chi connectivity index (χ2n) is 7.67. The largest absolute Gasteiger partial charge is 0.379 e. The maximum atomic E-state index is 5.59. The fraction of sp³-hybridized carbons (Fsp3) is 0.667. The Morgan fingerprint density at radius 2 is 1.63 bits per heavy atom. The van der Waals surface area contributed by atoms with Crippen molar-refractivity contribution in [2.45, 2.75) is 53.8 Å². The molecule has 5 nitrogen and oxygen atoms in total. The molecule has 2 N–H and O–H groups in total. The van der Waals surface area contributed by atoms with Crippen molar-refractivity contribution >= 4 is 29.9 Å². The summed E-state index contributed by atoms with van der Waals surface area (Å²) in [5.74, 6) is 0.795. The van der Waals surface area contributed by atoms with Gasteiger partial charge in [-0.1, -0.05) is 58.9 Å². The van der Waals surface area contributed by atoms with E-state index >= 15 is 0 Å². The molecule has 0 saturated carbocycles. The van der Waals surface area contributed by atoms with Gasteiger partial charge in [-0.15, -0.1) is 24.0 Å².